The van der Waals surface area contributed by atoms with Gasteiger partial charge in [-0.25, -0.2) is 9.59 Å². The SMILES string of the molecule is COC(=O)c1ccc(/C=C(\C#N)C(=O)Nc2sc(C)cc2C(=O)OC)cc1. The first kappa shape index (κ1) is 19.9. The lowest BCUT2D eigenvalue weighted by Crippen LogP contribution is -2.15. The van der Waals surface area contributed by atoms with Gasteiger partial charge in [0.2, 0.25) is 0 Å². The minimum atomic E-state index is -0.651. The van der Waals surface area contributed by atoms with Gasteiger partial charge in [0.1, 0.15) is 16.6 Å². The van der Waals surface area contributed by atoms with Gasteiger partial charge in [-0.2, -0.15) is 5.26 Å². The number of ether oxygens (including phenoxy) is 2. The average Bonchev–Trinajstić information content (AvgIpc) is 3.05. The van der Waals surface area contributed by atoms with Crippen molar-refractivity contribution >= 4 is 40.3 Å². The quantitative estimate of drug-likeness (QED) is 0.482. The van der Waals surface area contributed by atoms with Crippen molar-refractivity contribution in [3.63, 3.8) is 0 Å². The summed E-state index contributed by atoms with van der Waals surface area (Å²) in [6.45, 7) is 1.79. The number of aryl methyl sites for hydroxylation is 1. The molecule has 0 aliphatic heterocycles. The number of carbonyl (C=O) groups excluding carboxylic acids is 3. The predicted molar refractivity (Wildman–Crippen MR) is 100 cm³/mol. The monoisotopic (exact) mass is 384 g/mol. The molecule has 0 saturated heterocycles. The molecule has 0 radical (unpaired) electrons. The topological polar surface area (TPSA) is 105 Å². The standard InChI is InChI=1S/C19H16N2O5S/c1-11-8-15(19(24)26-3)17(27-11)21-16(22)14(10-20)9-12-4-6-13(7-5-12)18(23)25-2/h4-9H,1-3H3,(H,21,22)/b14-9+. The number of nitrogens with zero attached hydrogens (tertiary/aromatic N) is 1. The van der Waals surface area contributed by atoms with Crippen molar-refractivity contribution in [3.8, 4) is 6.07 Å². The van der Waals surface area contributed by atoms with Crippen LogP contribution in [0.2, 0.25) is 0 Å². The molecule has 8 heteroatoms. The Balaban J connectivity index is 2.24. The van der Waals surface area contributed by atoms with E-state index >= 15 is 0 Å². The number of nitriles is 1. The van der Waals surface area contributed by atoms with Crippen LogP contribution in [-0.4, -0.2) is 32.1 Å². The number of amides is 1. The molecule has 1 aromatic heterocycles. The Kier molecular flexibility index (Phi) is 6.46. The van der Waals surface area contributed by atoms with Crippen molar-refractivity contribution in [1.29, 1.82) is 5.26 Å². The molecule has 0 aliphatic carbocycles. The van der Waals surface area contributed by atoms with Crippen LogP contribution in [0.3, 0.4) is 0 Å². The molecule has 2 aromatic rings. The number of hydrogen-bond donors (Lipinski definition) is 1. The van der Waals surface area contributed by atoms with Crippen LogP contribution in [0.15, 0.2) is 35.9 Å². The molecule has 0 fully saturated rings. The molecule has 0 atom stereocenters. The van der Waals surface area contributed by atoms with Crippen molar-refractivity contribution in [3.05, 3.63) is 57.5 Å². The van der Waals surface area contributed by atoms with Gasteiger partial charge in [0.05, 0.1) is 25.3 Å². The summed E-state index contributed by atoms with van der Waals surface area (Å²) in [5, 5.41) is 12.2. The maximum atomic E-state index is 12.4. The molecular formula is C19H16N2O5S. The zero-order valence-corrected chi connectivity index (χ0v) is 15.7. The number of methoxy groups -OCH3 is 2. The van der Waals surface area contributed by atoms with Gasteiger partial charge in [-0.05, 0) is 36.8 Å². The Labute approximate surface area is 159 Å². The van der Waals surface area contributed by atoms with E-state index in [1.54, 1.807) is 25.1 Å². The van der Waals surface area contributed by atoms with Crippen molar-refractivity contribution in [2.45, 2.75) is 6.92 Å². The first-order chi connectivity index (χ1) is 12.9. The summed E-state index contributed by atoms with van der Waals surface area (Å²) in [6.07, 6.45) is 1.38. The third-order valence-electron chi connectivity index (χ3n) is 3.50. The molecule has 7 nitrogen and oxygen atoms in total. The molecule has 138 valence electrons. The first-order valence-electron chi connectivity index (χ1n) is 7.70. The minimum absolute atomic E-state index is 0.150. The highest BCUT2D eigenvalue weighted by atomic mass is 32.1. The molecule has 27 heavy (non-hydrogen) atoms. The van der Waals surface area contributed by atoms with E-state index in [1.807, 2.05) is 6.07 Å². The van der Waals surface area contributed by atoms with Crippen LogP contribution < -0.4 is 5.32 Å². The van der Waals surface area contributed by atoms with E-state index in [1.165, 1.54) is 43.8 Å². The van der Waals surface area contributed by atoms with Gasteiger partial charge in [0.15, 0.2) is 0 Å². The van der Waals surface area contributed by atoms with Gasteiger partial charge in [0, 0.05) is 4.88 Å². The van der Waals surface area contributed by atoms with Gasteiger partial charge in [0.25, 0.3) is 5.91 Å². The maximum absolute atomic E-state index is 12.4. The maximum Gasteiger partial charge on any atom is 0.340 e. The highest BCUT2D eigenvalue weighted by Crippen LogP contribution is 2.28. The molecule has 0 spiro atoms. The smallest absolute Gasteiger partial charge is 0.340 e. The number of rotatable bonds is 5. The Bertz CT molecular complexity index is 951. The summed E-state index contributed by atoms with van der Waals surface area (Å²) in [6, 6.07) is 9.68. The summed E-state index contributed by atoms with van der Waals surface area (Å²) < 4.78 is 9.31. The van der Waals surface area contributed by atoms with E-state index in [4.69, 9.17) is 4.74 Å². The number of carbonyl (C=O) groups is 3. The molecule has 0 saturated carbocycles. The predicted octanol–water partition coefficient (Wildman–Crippen LogP) is 3.18. The zero-order valence-electron chi connectivity index (χ0n) is 14.9. The lowest BCUT2D eigenvalue weighted by Gasteiger charge is -2.05. The van der Waals surface area contributed by atoms with Crippen LogP contribution in [0.4, 0.5) is 5.00 Å². The second kappa shape index (κ2) is 8.78. The molecule has 1 amide bonds. The van der Waals surface area contributed by atoms with Gasteiger partial charge in [-0.15, -0.1) is 11.3 Å². The summed E-state index contributed by atoms with van der Waals surface area (Å²) in [5.41, 5.74) is 0.995. The Morgan fingerprint density at radius 2 is 1.74 bits per heavy atom. The summed E-state index contributed by atoms with van der Waals surface area (Å²) in [5.74, 6) is -1.70. The molecule has 1 aromatic carbocycles. The number of nitrogens with one attached hydrogen (secondary N) is 1. The number of anilines is 1. The van der Waals surface area contributed by atoms with Crippen LogP contribution in [0, 0.1) is 18.3 Å². The summed E-state index contributed by atoms with van der Waals surface area (Å²) in [4.78, 5) is 36.5. The van der Waals surface area contributed by atoms with Crippen molar-refractivity contribution in [2.75, 3.05) is 19.5 Å². The van der Waals surface area contributed by atoms with E-state index in [-0.39, 0.29) is 11.1 Å². The fraction of sp³-hybridized carbons (Fsp3) is 0.158. The minimum Gasteiger partial charge on any atom is -0.465 e. The second-order valence-electron chi connectivity index (χ2n) is 5.33. The van der Waals surface area contributed by atoms with E-state index < -0.39 is 17.8 Å². The fourth-order valence-electron chi connectivity index (χ4n) is 2.19. The molecule has 1 heterocycles. The zero-order chi connectivity index (χ0) is 20.0. The van der Waals surface area contributed by atoms with Crippen molar-refractivity contribution in [1.82, 2.24) is 0 Å². The highest BCUT2D eigenvalue weighted by molar-refractivity contribution is 7.16. The first-order valence-corrected chi connectivity index (χ1v) is 8.51. The Morgan fingerprint density at radius 1 is 1.11 bits per heavy atom. The molecule has 0 unspecified atom stereocenters. The summed E-state index contributed by atoms with van der Waals surface area (Å²) in [7, 11) is 2.53. The van der Waals surface area contributed by atoms with E-state index in [0.29, 0.717) is 16.1 Å². The third-order valence-corrected chi connectivity index (χ3v) is 4.46. The van der Waals surface area contributed by atoms with Crippen LogP contribution >= 0.6 is 11.3 Å². The number of thiophene rings is 1. The fourth-order valence-corrected chi connectivity index (χ4v) is 3.08. The summed E-state index contributed by atoms with van der Waals surface area (Å²) >= 11 is 1.21. The van der Waals surface area contributed by atoms with E-state index in [9.17, 15) is 19.6 Å². The normalized spacial score (nSPS) is 10.7. The number of benzene rings is 1. The number of hydrogen-bond acceptors (Lipinski definition) is 7. The van der Waals surface area contributed by atoms with Crippen molar-refractivity contribution in [2.24, 2.45) is 0 Å². The molecule has 0 bridgehead atoms. The molecular weight excluding hydrogens is 368 g/mol. The second-order valence-corrected chi connectivity index (χ2v) is 6.59. The van der Waals surface area contributed by atoms with Crippen LogP contribution in [0.5, 0.6) is 0 Å². The number of esters is 2. The highest BCUT2D eigenvalue weighted by Gasteiger charge is 2.19. The van der Waals surface area contributed by atoms with Gasteiger partial charge in [-0.1, -0.05) is 12.1 Å². The Hall–Kier alpha value is -3.44. The average molecular weight is 384 g/mol. The van der Waals surface area contributed by atoms with Crippen molar-refractivity contribution < 1.29 is 23.9 Å². The van der Waals surface area contributed by atoms with Gasteiger partial charge < -0.3 is 14.8 Å². The van der Waals surface area contributed by atoms with Crippen LogP contribution in [0.25, 0.3) is 6.08 Å². The molecule has 1 N–H and O–H groups in total. The lowest BCUT2D eigenvalue weighted by atomic mass is 10.1. The lowest BCUT2D eigenvalue weighted by molar-refractivity contribution is -0.112. The van der Waals surface area contributed by atoms with Crippen LogP contribution in [-0.2, 0) is 14.3 Å². The van der Waals surface area contributed by atoms with E-state index in [2.05, 4.69) is 10.1 Å². The van der Waals surface area contributed by atoms with E-state index in [0.717, 1.165) is 4.88 Å². The molecule has 2 rings (SSSR count). The molecule has 0 aliphatic rings. The Morgan fingerprint density at radius 3 is 2.30 bits per heavy atom. The largest absolute Gasteiger partial charge is 0.465 e. The van der Waals surface area contributed by atoms with Gasteiger partial charge >= 0.3 is 11.9 Å². The van der Waals surface area contributed by atoms with Crippen LogP contribution in [0.1, 0.15) is 31.2 Å². The third kappa shape index (κ3) is 4.80. The van der Waals surface area contributed by atoms with Gasteiger partial charge in [-0.3, -0.25) is 4.79 Å².